The Morgan fingerprint density at radius 3 is 1.54 bits per heavy atom. The van der Waals surface area contributed by atoms with Crippen molar-refractivity contribution in [3.63, 3.8) is 0 Å². The van der Waals surface area contributed by atoms with E-state index in [1.807, 2.05) is 13.8 Å². The number of hydrogen-bond acceptors (Lipinski definition) is 2. The van der Waals surface area contributed by atoms with Crippen molar-refractivity contribution < 1.29 is 18.3 Å². The molecule has 3 rings (SSSR count). The molecule has 3 N–H and O–H groups in total. The molecule has 1 aliphatic carbocycles. The van der Waals surface area contributed by atoms with Crippen LogP contribution in [0.25, 0.3) is 0 Å². The first-order chi connectivity index (χ1) is 17.6. The number of hydrogen-bond donors (Lipinski definition) is 2. The van der Waals surface area contributed by atoms with Gasteiger partial charge in [0, 0.05) is 6.92 Å². The third-order valence-corrected chi connectivity index (χ3v) is 5.51. The number of aliphatic hydroxyl groups is 1. The van der Waals surface area contributed by atoms with Crippen LogP contribution in [0.1, 0.15) is 81.5 Å². The maximum Gasteiger partial charge on any atom is 0.416 e. The molecule has 0 amide bonds. The van der Waals surface area contributed by atoms with Gasteiger partial charge >= 0.3 is 6.18 Å². The van der Waals surface area contributed by atoms with E-state index in [9.17, 15) is 13.2 Å². The lowest BCUT2D eigenvalue weighted by Gasteiger charge is -2.30. The molecule has 1 unspecified atom stereocenters. The molecule has 1 fully saturated rings. The molecule has 0 radical (unpaired) electrons. The number of halogens is 3. The van der Waals surface area contributed by atoms with E-state index in [2.05, 4.69) is 68.5 Å². The number of terminal acetylenes is 2. The van der Waals surface area contributed by atoms with Crippen LogP contribution in [0.2, 0.25) is 0 Å². The molecule has 2 nitrogen and oxygen atoms in total. The normalized spacial score (nSPS) is 13.0. The molecule has 1 aliphatic rings. The molecular weight excluding hydrogens is 471 g/mol. The summed E-state index contributed by atoms with van der Waals surface area (Å²) in [6.07, 6.45) is 16.4. The van der Waals surface area contributed by atoms with Crippen LogP contribution in [0, 0.1) is 56.5 Å². The van der Waals surface area contributed by atoms with E-state index in [0.717, 1.165) is 17.7 Å². The van der Waals surface area contributed by atoms with E-state index < -0.39 is 11.7 Å². The molecule has 37 heavy (non-hydrogen) atoms. The molecule has 204 valence electrons. The van der Waals surface area contributed by atoms with Gasteiger partial charge in [0.25, 0.3) is 0 Å². The Labute approximate surface area is 223 Å². The fourth-order valence-electron chi connectivity index (χ4n) is 3.67. The quantitative estimate of drug-likeness (QED) is 0.394. The number of rotatable bonds is 2. The van der Waals surface area contributed by atoms with Crippen LogP contribution in [-0.2, 0) is 6.18 Å². The van der Waals surface area contributed by atoms with Gasteiger partial charge in [0.1, 0.15) is 6.11 Å². The topological polar surface area (TPSA) is 46.2 Å². The second-order valence-corrected chi connectivity index (χ2v) is 8.10. The van der Waals surface area contributed by atoms with E-state index >= 15 is 0 Å². The fourth-order valence-corrected chi connectivity index (χ4v) is 3.67. The third-order valence-electron chi connectivity index (χ3n) is 5.51. The summed E-state index contributed by atoms with van der Waals surface area (Å²) in [6, 6.07) is 13.8. The molecule has 0 bridgehead atoms. The predicted molar refractivity (Wildman–Crippen MR) is 152 cm³/mol. The maximum atomic E-state index is 11.9. The Hall–Kier alpha value is -3.33. The summed E-state index contributed by atoms with van der Waals surface area (Å²) in [5.41, 5.74) is 7.68. The van der Waals surface area contributed by atoms with Gasteiger partial charge in [0.15, 0.2) is 0 Å². The second kappa shape index (κ2) is 21.9. The molecular formula is C32H44F3NO. The number of alkyl halides is 3. The molecule has 0 aromatic heterocycles. The van der Waals surface area contributed by atoms with Crippen molar-refractivity contribution in [2.24, 2.45) is 11.1 Å². The maximum absolute atomic E-state index is 11.9. The Kier molecular flexibility index (Phi) is 22.6. The van der Waals surface area contributed by atoms with E-state index in [0.29, 0.717) is 5.41 Å². The van der Waals surface area contributed by atoms with Crippen LogP contribution in [0.15, 0.2) is 48.5 Å². The van der Waals surface area contributed by atoms with Gasteiger partial charge in [0.05, 0.1) is 11.5 Å². The van der Waals surface area contributed by atoms with Gasteiger partial charge in [0.2, 0.25) is 0 Å². The van der Waals surface area contributed by atoms with Crippen molar-refractivity contribution in [1.82, 2.24) is 0 Å². The van der Waals surface area contributed by atoms with Gasteiger partial charge in [-0.05, 0) is 56.8 Å². The lowest BCUT2D eigenvalue weighted by Crippen LogP contribution is -2.21. The van der Waals surface area contributed by atoms with Crippen LogP contribution in [0.3, 0.4) is 0 Å². The summed E-state index contributed by atoms with van der Waals surface area (Å²) >= 11 is 0. The zero-order valence-electron chi connectivity index (χ0n) is 23.4. The van der Waals surface area contributed by atoms with Gasteiger partial charge in [-0.1, -0.05) is 93.0 Å². The molecule has 0 heterocycles. The average Bonchev–Trinajstić information content (AvgIpc) is 3.36. The smallest absolute Gasteiger partial charge is 0.416 e. The zero-order valence-corrected chi connectivity index (χ0v) is 23.4. The molecule has 1 atom stereocenters. The molecule has 1 saturated carbocycles. The Bertz CT molecular complexity index is 928. The fraction of sp³-hybridized carbons (Fsp3) is 0.438. The summed E-state index contributed by atoms with van der Waals surface area (Å²) in [4.78, 5) is 0. The summed E-state index contributed by atoms with van der Waals surface area (Å²) in [6.45, 7) is 11.8. The van der Waals surface area contributed by atoms with Crippen LogP contribution in [0.5, 0.6) is 0 Å². The van der Waals surface area contributed by atoms with Crippen molar-refractivity contribution in [3.8, 4) is 37.2 Å². The van der Waals surface area contributed by atoms with Crippen LogP contribution in [0.4, 0.5) is 13.2 Å². The molecule has 2 aromatic carbocycles. The van der Waals surface area contributed by atoms with Gasteiger partial charge < -0.3 is 10.8 Å². The molecule has 5 heteroatoms. The van der Waals surface area contributed by atoms with Crippen molar-refractivity contribution >= 4 is 0 Å². The monoisotopic (exact) mass is 515 g/mol. The number of aliphatic hydroxyl groups excluding tert-OH is 1. The summed E-state index contributed by atoms with van der Waals surface area (Å²) in [5, 5.41) is 7.51. The average molecular weight is 516 g/mol. The minimum Gasteiger partial charge on any atom is -0.462 e. The summed E-state index contributed by atoms with van der Waals surface area (Å²) in [7, 11) is 1.50. The Morgan fingerprint density at radius 2 is 1.24 bits per heavy atom. The zero-order chi connectivity index (χ0) is 29.5. The van der Waals surface area contributed by atoms with Crippen LogP contribution < -0.4 is 5.73 Å². The van der Waals surface area contributed by atoms with Gasteiger partial charge in [-0.3, -0.25) is 0 Å². The summed E-state index contributed by atoms with van der Waals surface area (Å²) < 4.78 is 35.8. The largest absolute Gasteiger partial charge is 0.462 e. The first kappa shape index (κ1) is 38.2. The lowest BCUT2D eigenvalue weighted by atomic mass is 9.72. The standard InChI is InChI=1S/C16H20.C8H7F3.C3H4O.C2H6.C2H2.CH5N/c1-4-15(16(3)11-5-6-12-16)14-9-7-13(2)8-10-14;1-6-2-4-7(5-3-6)8(9,10)11;1-2-3-4;3*1-2/h1,7-10,15H,5-6,11-12H2,2-3H3;2-5H,1H3;4H,1H3;1-2H3;1-2H;2H2,1H3. The minimum absolute atomic E-state index is 0.288. The van der Waals surface area contributed by atoms with Gasteiger partial charge in [-0.25, -0.2) is 0 Å². The van der Waals surface area contributed by atoms with Crippen molar-refractivity contribution in [2.45, 2.75) is 79.3 Å². The van der Waals surface area contributed by atoms with Crippen molar-refractivity contribution in [1.29, 1.82) is 0 Å². The number of benzene rings is 2. The number of nitrogens with two attached hydrogens (primary N) is 1. The molecule has 0 spiro atoms. The van der Waals surface area contributed by atoms with E-state index in [-0.39, 0.29) is 5.92 Å². The molecule has 2 aromatic rings. The number of aryl methyl sites for hydroxylation is 2. The van der Waals surface area contributed by atoms with E-state index in [1.165, 1.54) is 56.0 Å². The predicted octanol–water partition coefficient (Wildman–Crippen LogP) is 8.50. The highest BCUT2D eigenvalue weighted by Gasteiger charge is 2.36. The van der Waals surface area contributed by atoms with Gasteiger partial charge in [-0.2, -0.15) is 13.2 Å². The summed E-state index contributed by atoms with van der Waals surface area (Å²) in [5.74, 6) is 5.54. The SMILES string of the molecule is C#C.C#CC(c1ccc(C)cc1)C1(C)CCCC1.CC.CC#CO.CN.Cc1ccc(C(F)(F)F)cc1. The van der Waals surface area contributed by atoms with Crippen LogP contribution >= 0.6 is 0 Å². The van der Waals surface area contributed by atoms with E-state index in [4.69, 9.17) is 11.5 Å². The Balaban J connectivity index is -0.000000479. The highest BCUT2D eigenvalue weighted by atomic mass is 19.4. The first-order valence-corrected chi connectivity index (χ1v) is 12.2. The Morgan fingerprint density at radius 1 is 0.892 bits per heavy atom. The highest BCUT2D eigenvalue weighted by molar-refractivity contribution is 5.32. The molecule has 0 saturated heterocycles. The lowest BCUT2D eigenvalue weighted by molar-refractivity contribution is -0.137. The van der Waals surface area contributed by atoms with E-state index in [1.54, 1.807) is 20.0 Å². The van der Waals surface area contributed by atoms with Gasteiger partial charge in [-0.15, -0.1) is 19.3 Å². The van der Waals surface area contributed by atoms with Crippen molar-refractivity contribution in [3.05, 3.63) is 70.8 Å². The minimum atomic E-state index is -4.21. The third kappa shape index (κ3) is 15.4. The first-order valence-electron chi connectivity index (χ1n) is 12.2. The highest BCUT2D eigenvalue weighted by Crippen LogP contribution is 2.48. The van der Waals surface area contributed by atoms with Crippen LogP contribution in [-0.4, -0.2) is 12.2 Å². The second-order valence-electron chi connectivity index (χ2n) is 8.10. The van der Waals surface area contributed by atoms with Crippen molar-refractivity contribution in [2.75, 3.05) is 7.05 Å². The molecule has 0 aliphatic heterocycles.